The first-order valence-electron chi connectivity index (χ1n) is 7.18. The lowest BCUT2D eigenvalue weighted by atomic mass is 10.2. The fourth-order valence-electron chi connectivity index (χ4n) is 2.18. The molecular formula is C15H21N5O2. The van der Waals surface area contributed by atoms with Crippen LogP contribution in [-0.4, -0.2) is 60.1 Å². The average molecular weight is 303 g/mol. The number of H-pyrrole nitrogens is 1. The van der Waals surface area contributed by atoms with E-state index >= 15 is 0 Å². The lowest BCUT2D eigenvalue weighted by molar-refractivity contribution is -0.131. The number of para-hydroxylation sites is 1. The highest BCUT2D eigenvalue weighted by molar-refractivity contribution is 6.05. The van der Waals surface area contributed by atoms with Crippen LogP contribution in [0.15, 0.2) is 24.3 Å². The van der Waals surface area contributed by atoms with E-state index < -0.39 is 6.04 Å². The summed E-state index contributed by atoms with van der Waals surface area (Å²) in [6.07, 6.45) is 0. The Labute approximate surface area is 129 Å². The molecule has 22 heavy (non-hydrogen) atoms. The molecule has 1 aromatic heterocycles. The van der Waals surface area contributed by atoms with E-state index in [0.29, 0.717) is 18.8 Å². The maximum Gasteiger partial charge on any atom is 0.273 e. The number of likely N-dealkylation sites (N-methyl/N-ethyl adjacent to an activating group) is 2. The Balaban J connectivity index is 2.03. The summed E-state index contributed by atoms with van der Waals surface area (Å²) < 4.78 is 0. The molecule has 1 heterocycles. The van der Waals surface area contributed by atoms with Crippen LogP contribution in [0.1, 0.15) is 17.4 Å². The molecule has 1 atom stereocenters. The van der Waals surface area contributed by atoms with Crippen molar-refractivity contribution in [1.82, 2.24) is 25.7 Å². The number of hydrogen-bond acceptors (Lipinski definition) is 4. The monoisotopic (exact) mass is 303 g/mol. The van der Waals surface area contributed by atoms with E-state index in [1.54, 1.807) is 18.9 Å². The topological polar surface area (TPSA) is 90.1 Å². The lowest BCUT2D eigenvalue weighted by Crippen LogP contribution is -2.47. The summed E-state index contributed by atoms with van der Waals surface area (Å²) in [5.74, 6) is -0.497. The van der Waals surface area contributed by atoms with Crippen LogP contribution in [-0.2, 0) is 4.79 Å². The number of rotatable bonds is 6. The van der Waals surface area contributed by atoms with Crippen LogP contribution in [0.5, 0.6) is 0 Å². The van der Waals surface area contributed by atoms with Crippen molar-refractivity contribution in [2.75, 3.05) is 27.2 Å². The van der Waals surface area contributed by atoms with Crippen molar-refractivity contribution >= 4 is 22.7 Å². The highest BCUT2D eigenvalue weighted by atomic mass is 16.2. The molecule has 2 rings (SSSR count). The molecular weight excluding hydrogens is 282 g/mol. The van der Waals surface area contributed by atoms with Gasteiger partial charge in [0.05, 0.1) is 5.52 Å². The Hall–Kier alpha value is -2.41. The van der Waals surface area contributed by atoms with Crippen molar-refractivity contribution in [2.24, 2.45) is 0 Å². The van der Waals surface area contributed by atoms with Crippen molar-refractivity contribution in [3.63, 3.8) is 0 Å². The summed E-state index contributed by atoms with van der Waals surface area (Å²) in [4.78, 5) is 26.1. The summed E-state index contributed by atoms with van der Waals surface area (Å²) in [7, 11) is 3.54. The van der Waals surface area contributed by atoms with E-state index in [-0.39, 0.29) is 11.8 Å². The number of nitrogens with zero attached hydrogens (tertiary/aromatic N) is 2. The van der Waals surface area contributed by atoms with Crippen LogP contribution in [0.2, 0.25) is 0 Å². The Morgan fingerprint density at radius 3 is 2.82 bits per heavy atom. The number of benzene rings is 1. The van der Waals surface area contributed by atoms with Gasteiger partial charge in [-0.15, -0.1) is 0 Å². The van der Waals surface area contributed by atoms with Crippen LogP contribution in [0.25, 0.3) is 10.9 Å². The largest absolute Gasteiger partial charge is 0.343 e. The number of hydrogen-bond donors (Lipinski definition) is 3. The molecule has 0 fully saturated rings. The summed E-state index contributed by atoms with van der Waals surface area (Å²) in [6.45, 7) is 2.96. The second-order valence-electron chi connectivity index (χ2n) is 5.18. The Kier molecular flexibility index (Phi) is 5.11. The Morgan fingerprint density at radius 1 is 1.36 bits per heavy atom. The molecule has 2 amide bonds. The van der Waals surface area contributed by atoms with Gasteiger partial charge in [0.25, 0.3) is 5.91 Å². The molecule has 0 saturated carbocycles. The first kappa shape index (κ1) is 16.0. The third-order valence-corrected chi connectivity index (χ3v) is 3.48. The van der Waals surface area contributed by atoms with Gasteiger partial charge in [-0.3, -0.25) is 14.7 Å². The molecule has 0 saturated heterocycles. The normalized spacial score (nSPS) is 12.1. The molecule has 7 nitrogen and oxygen atoms in total. The van der Waals surface area contributed by atoms with Gasteiger partial charge in [0.2, 0.25) is 5.91 Å². The van der Waals surface area contributed by atoms with E-state index in [9.17, 15) is 9.59 Å². The van der Waals surface area contributed by atoms with Crippen molar-refractivity contribution in [3.8, 4) is 0 Å². The number of carbonyl (C=O) groups excluding carboxylic acids is 2. The molecule has 0 spiro atoms. The van der Waals surface area contributed by atoms with E-state index in [1.165, 1.54) is 0 Å². The van der Waals surface area contributed by atoms with E-state index in [1.807, 2.05) is 31.3 Å². The molecule has 7 heteroatoms. The van der Waals surface area contributed by atoms with Gasteiger partial charge in [-0.25, -0.2) is 0 Å². The highest BCUT2D eigenvalue weighted by Gasteiger charge is 2.22. The summed E-state index contributed by atoms with van der Waals surface area (Å²) in [6, 6.07) is 6.77. The first-order chi connectivity index (χ1) is 10.5. The lowest BCUT2D eigenvalue weighted by Gasteiger charge is -2.21. The van der Waals surface area contributed by atoms with Crippen LogP contribution in [0, 0.1) is 0 Å². The van der Waals surface area contributed by atoms with Crippen LogP contribution in [0.4, 0.5) is 0 Å². The molecule has 1 aromatic carbocycles. The Morgan fingerprint density at radius 2 is 2.09 bits per heavy atom. The second-order valence-corrected chi connectivity index (χ2v) is 5.18. The zero-order valence-electron chi connectivity index (χ0n) is 13.0. The molecule has 2 aromatic rings. The predicted octanol–water partition coefficient (Wildman–Crippen LogP) is 0.359. The quantitative estimate of drug-likeness (QED) is 0.719. The van der Waals surface area contributed by atoms with Gasteiger partial charge in [-0.2, -0.15) is 5.10 Å². The number of aromatic amines is 1. The maximum absolute atomic E-state index is 12.3. The van der Waals surface area contributed by atoms with Crippen LogP contribution >= 0.6 is 0 Å². The molecule has 0 aliphatic carbocycles. The third kappa shape index (κ3) is 3.43. The zero-order valence-corrected chi connectivity index (χ0v) is 13.0. The van der Waals surface area contributed by atoms with Gasteiger partial charge in [0.15, 0.2) is 5.69 Å². The zero-order chi connectivity index (χ0) is 16.1. The van der Waals surface area contributed by atoms with E-state index in [4.69, 9.17) is 0 Å². The minimum Gasteiger partial charge on any atom is -0.343 e. The van der Waals surface area contributed by atoms with Gasteiger partial charge in [0.1, 0.15) is 6.04 Å². The molecule has 3 N–H and O–H groups in total. The maximum atomic E-state index is 12.3. The predicted molar refractivity (Wildman–Crippen MR) is 84.6 cm³/mol. The van der Waals surface area contributed by atoms with Gasteiger partial charge < -0.3 is 15.5 Å². The fraction of sp³-hybridized carbons (Fsp3) is 0.400. The van der Waals surface area contributed by atoms with Crippen molar-refractivity contribution in [3.05, 3.63) is 30.0 Å². The highest BCUT2D eigenvalue weighted by Crippen LogP contribution is 2.14. The summed E-state index contributed by atoms with van der Waals surface area (Å²) in [5, 5.41) is 13.3. The SMILES string of the molecule is CNCCN(C)C(=O)C(C)NC(=O)c1n[nH]c2ccccc12. The first-order valence-corrected chi connectivity index (χ1v) is 7.18. The molecule has 0 aliphatic heterocycles. The minimum atomic E-state index is -0.607. The number of aromatic nitrogens is 2. The van der Waals surface area contributed by atoms with Crippen molar-refractivity contribution in [1.29, 1.82) is 0 Å². The average Bonchev–Trinajstić information content (AvgIpc) is 2.95. The molecule has 0 aliphatic rings. The Bertz CT molecular complexity index is 667. The molecule has 1 unspecified atom stereocenters. The molecule has 118 valence electrons. The molecule has 0 radical (unpaired) electrons. The van der Waals surface area contributed by atoms with Gasteiger partial charge in [-0.1, -0.05) is 18.2 Å². The number of carbonyl (C=O) groups is 2. The van der Waals surface area contributed by atoms with E-state index in [2.05, 4.69) is 20.8 Å². The van der Waals surface area contributed by atoms with Crippen LogP contribution < -0.4 is 10.6 Å². The van der Waals surface area contributed by atoms with Crippen molar-refractivity contribution in [2.45, 2.75) is 13.0 Å². The van der Waals surface area contributed by atoms with E-state index in [0.717, 1.165) is 10.9 Å². The number of amides is 2. The van der Waals surface area contributed by atoms with Gasteiger partial charge in [0, 0.05) is 25.5 Å². The van der Waals surface area contributed by atoms with Gasteiger partial charge in [-0.05, 0) is 20.0 Å². The summed E-state index contributed by atoms with van der Waals surface area (Å²) >= 11 is 0. The third-order valence-electron chi connectivity index (χ3n) is 3.48. The smallest absolute Gasteiger partial charge is 0.273 e. The van der Waals surface area contributed by atoms with Crippen LogP contribution in [0.3, 0.4) is 0 Å². The fourth-order valence-corrected chi connectivity index (χ4v) is 2.18. The molecule has 0 bridgehead atoms. The minimum absolute atomic E-state index is 0.136. The number of fused-ring (bicyclic) bond motifs is 1. The van der Waals surface area contributed by atoms with Crippen molar-refractivity contribution < 1.29 is 9.59 Å². The second kappa shape index (κ2) is 7.04. The van der Waals surface area contributed by atoms with Gasteiger partial charge >= 0.3 is 0 Å². The summed E-state index contributed by atoms with van der Waals surface area (Å²) in [5.41, 5.74) is 1.09. The number of nitrogens with one attached hydrogen (secondary N) is 3. The standard InChI is InChI=1S/C15H21N5O2/c1-10(15(22)20(3)9-8-16-2)17-14(21)13-11-6-4-5-7-12(11)18-19-13/h4-7,10,16H,8-9H2,1-3H3,(H,17,21)(H,18,19).